The second kappa shape index (κ2) is 7.53. The molecule has 0 amide bonds. The van der Waals surface area contributed by atoms with Crippen LogP contribution in [0.3, 0.4) is 0 Å². The van der Waals surface area contributed by atoms with E-state index in [1.165, 1.54) is 5.56 Å². The number of benzene rings is 1. The first kappa shape index (κ1) is 15.9. The molecule has 0 radical (unpaired) electrons. The number of hydrogen-bond donors (Lipinski definition) is 0. The van der Waals surface area contributed by atoms with E-state index >= 15 is 0 Å². The van der Waals surface area contributed by atoms with Gasteiger partial charge >= 0.3 is 0 Å². The molecule has 0 unspecified atom stereocenters. The number of aromatic nitrogens is 3. The van der Waals surface area contributed by atoms with Crippen molar-refractivity contribution >= 4 is 23.2 Å². The van der Waals surface area contributed by atoms with Crippen LogP contribution in [0.15, 0.2) is 54.9 Å². The largest absolute Gasteiger partial charge is 0.259 e. The van der Waals surface area contributed by atoms with Gasteiger partial charge in [-0.1, -0.05) is 35.3 Å². The average molecular weight is 344 g/mol. The highest BCUT2D eigenvalue weighted by Crippen LogP contribution is 2.13. The fourth-order valence-electron chi connectivity index (χ4n) is 2.30. The second-order valence-electron chi connectivity index (χ2n) is 5.24. The molecule has 0 atom stereocenters. The molecule has 5 heteroatoms. The van der Waals surface area contributed by atoms with Crippen molar-refractivity contribution in [3.63, 3.8) is 0 Å². The maximum Gasteiger partial charge on any atom is 0.134 e. The molecule has 0 saturated heterocycles. The summed E-state index contributed by atoms with van der Waals surface area (Å²) in [4.78, 5) is 13.2. The van der Waals surface area contributed by atoms with E-state index in [2.05, 4.69) is 21.0 Å². The number of halogens is 2. The maximum atomic E-state index is 6.01. The number of aryl methyl sites for hydroxylation is 2. The molecule has 0 N–H and O–H groups in total. The van der Waals surface area contributed by atoms with Crippen LogP contribution in [-0.2, 0) is 19.3 Å². The van der Waals surface area contributed by atoms with Crippen LogP contribution < -0.4 is 0 Å². The third-order valence-electron chi connectivity index (χ3n) is 3.45. The monoisotopic (exact) mass is 343 g/mol. The SMILES string of the molecule is Clc1ccc(Cc2nccc(CCc3cccc(Cl)c3)n2)nc1. The first-order valence-corrected chi connectivity index (χ1v) is 8.10. The van der Waals surface area contributed by atoms with Gasteiger partial charge in [-0.05, 0) is 48.7 Å². The van der Waals surface area contributed by atoms with Crippen molar-refractivity contribution in [2.24, 2.45) is 0 Å². The van der Waals surface area contributed by atoms with Gasteiger partial charge in [0.2, 0.25) is 0 Å². The van der Waals surface area contributed by atoms with E-state index in [4.69, 9.17) is 23.2 Å². The smallest absolute Gasteiger partial charge is 0.134 e. The molecule has 0 saturated carbocycles. The first-order valence-electron chi connectivity index (χ1n) is 7.35. The Balaban J connectivity index is 1.66. The van der Waals surface area contributed by atoms with Crippen LogP contribution in [0.25, 0.3) is 0 Å². The number of hydrogen-bond acceptors (Lipinski definition) is 3. The van der Waals surface area contributed by atoms with Crippen molar-refractivity contribution < 1.29 is 0 Å². The minimum absolute atomic E-state index is 0.599. The third kappa shape index (κ3) is 4.75. The zero-order valence-corrected chi connectivity index (χ0v) is 13.9. The molecule has 3 nitrogen and oxygen atoms in total. The summed E-state index contributed by atoms with van der Waals surface area (Å²) in [6.45, 7) is 0. The van der Waals surface area contributed by atoms with Gasteiger partial charge in [0.1, 0.15) is 5.82 Å². The van der Waals surface area contributed by atoms with Crippen molar-refractivity contribution in [3.8, 4) is 0 Å². The van der Waals surface area contributed by atoms with Crippen molar-refractivity contribution in [1.29, 1.82) is 0 Å². The molecule has 0 aliphatic heterocycles. The van der Waals surface area contributed by atoms with Gasteiger partial charge in [0.15, 0.2) is 0 Å². The van der Waals surface area contributed by atoms with Crippen LogP contribution in [0, 0.1) is 0 Å². The van der Waals surface area contributed by atoms with Crippen molar-refractivity contribution in [3.05, 3.63) is 87.7 Å². The fourth-order valence-corrected chi connectivity index (χ4v) is 2.63. The Hall–Kier alpha value is -1.97. The molecule has 3 aromatic rings. The molecule has 116 valence electrons. The topological polar surface area (TPSA) is 38.7 Å². The van der Waals surface area contributed by atoms with Crippen LogP contribution in [0.4, 0.5) is 0 Å². The summed E-state index contributed by atoms with van der Waals surface area (Å²) in [5.74, 6) is 0.767. The van der Waals surface area contributed by atoms with Crippen LogP contribution in [-0.4, -0.2) is 15.0 Å². The Morgan fingerprint density at radius 2 is 1.74 bits per heavy atom. The lowest BCUT2D eigenvalue weighted by molar-refractivity contribution is 0.851. The van der Waals surface area contributed by atoms with Gasteiger partial charge in [0, 0.05) is 28.8 Å². The zero-order chi connectivity index (χ0) is 16.1. The summed E-state index contributed by atoms with van der Waals surface area (Å²) in [5.41, 5.74) is 3.13. The molecule has 0 fully saturated rings. The molecule has 0 spiro atoms. The Morgan fingerprint density at radius 1 is 0.826 bits per heavy atom. The van der Waals surface area contributed by atoms with Crippen molar-refractivity contribution in [1.82, 2.24) is 15.0 Å². The summed E-state index contributed by atoms with van der Waals surface area (Å²) in [6.07, 6.45) is 5.79. The Kier molecular flexibility index (Phi) is 5.21. The molecule has 2 aromatic heterocycles. The normalized spacial score (nSPS) is 10.7. The molecule has 23 heavy (non-hydrogen) atoms. The standard InChI is InChI=1S/C18H15Cl2N3/c19-14-3-1-2-13(10-14)4-6-16-8-9-21-18(23-16)11-17-7-5-15(20)12-22-17/h1-3,5,7-10,12H,4,6,11H2. The Morgan fingerprint density at radius 3 is 2.52 bits per heavy atom. The molecule has 3 rings (SSSR count). The molecular weight excluding hydrogens is 329 g/mol. The summed E-state index contributed by atoms with van der Waals surface area (Å²) in [5, 5.41) is 1.39. The molecule has 0 aliphatic rings. The summed E-state index contributed by atoms with van der Waals surface area (Å²) in [6, 6.07) is 13.6. The van der Waals surface area contributed by atoms with Gasteiger partial charge in [-0.15, -0.1) is 0 Å². The maximum absolute atomic E-state index is 6.01. The molecule has 0 bridgehead atoms. The molecule has 1 aromatic carbocycles. The summed E-state index contributed by atoms with van der Waals surface area (Å²) < 4.78 is 0. The van der Waals surface area contributed by atoms with Gasteiger partial charge in [0.05, 0.1) is 11.4 Å². The van der Waals surface area contributed by atoms with E-state index in [9.17, 15) is 0 Å². The highest BCUT2D eigenvalue weighted by atomic mass is 35.5. The minimum Gasteiger partial charge on any atom is -0.259 e. The van der Waals surface area contributed by atoms with E-state index < -0.39 is 0 Å². The fraction of sp³-hybridized carbons (Fsp3) is 0.167. The van der Waals surface area contributed by atoms with Gasteiger partial charge in [0.25, 0.3) is 0 Å². The second-order valence-corrected chi connectivity index (χ2v) is 6.11. The number of rotatable bonds is 5. The van der Waals surface area contributed by atoms with E-state index in [-0.39, 0.29) is 0 Å². The highest BCUT2D eigenvalue weighted by molar-refractivity contribution is 6.30. The first-order chi connectivity index (χ1) is 11.2. The van der Waals surface area contributed by atoms with Gasteiger partial charge in [-0.3, -0.25) is 4.98 Å². The van der Waals surface area contributed by atoms with E-state index in [0.29, 0.717) is 11.4 Å². The van der Waals surface area contributed by atoms with Gasteiger partial charge in [-0.25, -0.2) is 9.97 Å². The van der Waals surface area contributed by atoms with E-state index in [0.717, 1.165) is 35.1 Å². The number of pyridine rings is 1. The molecular formula is C18H15Cl2N3. The highest BCUT2D eigenvalue weighted by Gasteiger charge is 2.04. The minimum atomic E-state index is 0.599. The predicted octanol–water partition coefficient (Wildman–Crippen LogP) is 4.55. The van der Waals surface area contributed by atoms with Crippen LogP contribution in [0.2, 0.25) is 10.0 Å². The van der Waals surface area contributed by atoms with Crippen molar-refractivity contribution in [2.45, 2.75) is 19.3 Å². The zero-order valence-electron chi connectivity index (χ0n) is 12.4. The summed E-state index contributed by atoms with van der Waals surface area (Å²) in [7, 11) is 0. The van der Waals surface area contributed by atoms with Crippen LogP contribution in [0.1, 0.15) is 22.8 Å². The van der Waals surface area contributed by atoms with Gasteiger partial charge in [-0.2, -0.15) is 0 Å². The average Bonchev–Trinajstić information content (AvgIpc) is 2.56. The molecule has 2 heterocycles. The summed E-state index contributed by atoms with van der Waals surface area (Å²) >= 11 is 11.9. The number of nitrogens with zero attached hydrogens (tertiary/aromatic N) is 3. The van der Waals surface area contributed by atoms with Crippen molar-refractivity contribution in [2.75, 3.05) is 0 Å². The Bertz CT molecular complexity index is 788. The van der Waals surface area contributed by atoms with E-state index in [1.807, 2.05) is 36.4 Å². The predicted molar refractivity (Wildman–Crippen MR) is 92.9 cm³/mol. The van der Waals surface area contributed by atoms with Gasteiger partial charge < -0.3 is 0 Å². The quantitative estimate of drug-likeness (QED) is 0.681. The van der Waals surface area contributed by atoms with E-state index in [1.54, 1.807) is 12.4 Å². The lowest BCUT2D eigenvalue weighted by Crippen LogP contribution is -2.02. The lowest BCUT2D eigenvalue weighted by atomic mass is 10.1. The lowest BCUT2D eigenvalue weighted by Gasteiger charge is -2.05. The third-order valence-corrected chi connectivity index (χ3v) is 3.91. The van der Waals surface area contributed by atoms with Crippen LogP contribution >= 0.6 is 23.2 Å². The molecule has 0 aliphatic carbocycles. The van der Waals surface area contributed by atoms with Crippen LogP contribution in [0.5, 0.6) is 0 Å². The Labute approximate surface area is 145 Å².